The first-order valence-corrected chi connectivity index (χ1v) is 11.3. The van der Waals surface area contributed by atoms with Gasteiger partial charge >= 0.3 is 0 Å². The molecule has 0 heterocycles. The van der Waals surface area contributed by atoms with E-state index in [1.165, 1.54) is 35.4 Å². The molecule has 0 aromatic heterocycles. The van der Waals surface area contributed by atoms with Crippen LogP contribution in [0.15, 0.2) is 115 Å². The highest BCUT2D eigenvalue weighted by Crippen LogP contribution is 2.14. The van der Waals surface area contributed by atoms with Crippen LogP contribution in [0.2, 0.25) is 0 Å². The maximum absolute atomic E-state index is 12.7. The van der Waals surface area contributed by atoms with Crippen LogP contribution in [-0.2, 0) is 12.3 Å². The molecular formula is C31H27ClF2. The van der Waals surface area contributed by atoms with E-state index >= 15 is 0 Å². The van der Waals surface area contributed by atoms with Gasteiger partial charge in [0.25, 0.3) is 0 Å². The lowest BCUT2D eigenvalue weighted by Gasteiger charge is -2.02. The zero-order valence-corrected chi connectivity index (χ0v) is 19.9. The molecule has 4 aromatic rings. The van der Waals surface area contributed by atoms with Crippen molar-refractivity contribution in [2.24, 2.45) is 0 Å². The fourth-order valence-corrected chi connectivity index (χ4v) is 3.00. The van der Waals surface area contributed by atoms with Crippen LogP contribution in [0, 0.1) is 24.0 Å². The average Bonchev–Trinajstić information content (AvgIpc) is 2.90. The van der Waals surface area contributed by atoms with E-state index in [2.05, 4.69) is 31.1 Å². The van der Waals surface area contributed by atoms with Gasteiger partial charge in [-0.2, -0.15) is 0 Å². The summed E-state index contributed by atoms with van der Waals surface area (Å²) in [5.74, 6) is 2.57. The largest absolute Gasteiger partial charge is 0.207 e. The second kappa shape index (κ2) is 15.2. The molecule has 0 spiro atoms. The predicted molar refractivity (Wildman–Crippen MR) is 141 cm³/mol. The van der Waals surface area contributed by atoms with Crippen molar-refractivity contribution in [1.82, 2.24) is 0 Å². The molecule has 0 aliphatic carbocycles. The first-order valence-electron chi connectivity index (χ1n) is 10.8. The molecule has 0 aliphatic rings. The summed E-state index contributed by atoms with van der Waals surface area (Å²) in [6.45, 7) is 2.10. The van der Waals surface area contributed by atoms with Gasteiger partial charge in [0.05, 0.1) is 0 Å². The molecule has 0 N–H and O–H groups in total. The first kappa shape index (κ1) is 26.6. The number of allylic oxidation sites excluding steroid dienone is 2. The second-order valence-electron chi connectivity index (χ2n) is 7.35. The van der Waals surface area contributed by atoms with Gasteiger partial charge in [-0.05, 0) is 72.0 Å². The summed E-state index contributed by atoms with van der Waals surface area (Å²) in [7, 11) is 0. The fraction of sp³-hybridized carbons (Fsp3) is 0.0968. The predicted octanol–water partition coefficient (Wildman–Crippen LogP) is 8.70. The van der Waals surface area contributed by atoms with Gasteiger partial charge in [0.15, 0.2) is 0 Å². The van der Waals surface area contributed by atoms with Crippen LogP contribution in [0.3, 0.4) is 0 Å². The van der Waals surface area contributed by atoms with Gasteiger partial charge in [0, 0.05) is 11.4 Å². The monoisotopic (exact) mass is 472 g/mol. The second-order valence-corrected chi connectivity index (χ2v) is 7.62. The van der Waals surface area contributed by atoms with Crippen LogP contribution in [-0.4, -0.2) is 0 Å². The number of benzene rings is 4. The van der Waals surface area contributed by atoms with E-state index in [-0.39, 0.29) is 11.6 Å². The minimum absolute atomic E-state index is 0.183. The van der Waals surface area contributed by atoms with Gasteiger partial charge in [-0.1, -0.05) is 84.8 Å². The van der Waals surface area contributed by atoms with Crippen molar-refractivity contribution in [2.45, 2.75) is 19.2 Å². The van der Waals surface area contributed by atoms with Crippen molar-refractivity contribution < 1.29 is 8.78 Å². The van der Waals surface area contributed by atoms with Crippen molar-refractivity contribution in [3.05, 3.63) is 149 Å². The van der Waals surface area contributed by atoms with E-state index in [0.717, 1.165) is 23.1 Å². The number of hydrogen-bond acceptors (Lipinski definition) is 0. The molecule has 4 rings (SSSR count). The van der Waals surface area contributed by atoms with E-state index < -0.39 is 0 Å². The highest BCUT2D eigenvalue weighted by molar-refractivity contribution is 6.17. The van der Waals surface area contributed by atoms with Crippen LogP contribution in [0.5, 0.6) is 0 Å². The lowest BCUT2D eigenvalue weighted by atomic mass is 10.0. The van der Waals surface area contributed by atoms with E-state index in [9.17, 15) is 8.78 Å². The molecule has 0 nitrogen and oxygen atoms in total. The van der Waals surface area contributed by atoms with Crippen LogP contribution < -0.4 is 0 Å². The summed E-state index contributed by atoms with van der Waals surface area (Å²) in [5, 5.41) is 0. The molecule has 0 unspecified atom stereocenters. The maximum atomic E-state index is 12.7. The number of halogens is 3. The summed E-state index contributed by atoms with van der Waals surface area (Å²) in [6.07, 6.45) is 8.10. The number of hydrogen-bond donors (Lipinski definition) is 0. The Labute approximate surface area is 206 Å². The Morgan fingerprint density at radius 1 is 0.735 bits per heavy atom. The molecular weight excluding hydrogens is 446 g/mol. The number of rotatable bonds is 4. The van der Waals surface area contributed by atoms with E-state index in [0.29, 0.717) is 5.88 Å². The third-order valence-electron chi connectivity index (χ3n) is 4.79. The van der Waals surface area contributed by atoms with Gasteiger partial charge in [-0.3, -0.25) is 0 Å². The fourth-order valence-electron chi connectivity index (χ4n) is 2.82. The lowest BCUT2D eigenvalue weighted by molar-refractivity contribution is 0.627. The normalized spacial score (nSPS) is 10.1. The van der Waals surface area contributed by atoms with E-state index in [4.69, 9.17) is 18.0 Å². The Bertz CT molecular complexity index is 1160. The molecule has 4 aromatic carbocycles. The number of terminal acetylenes is 1. The molecule has 0 aliphatic heterocycles. The highest BCUT2D eigenvalue weighted by Gasteiger charge is 1.95. The highest BCUT2D eigenvalue weighted by atomic mass is 35.5. The van der Waals surface area contributed by atoms with Gasteiger partial charge in [-0.25, -0.2) is 8.78 Å². The molecule has 0 radical (unpaired) electrons. The zero-order valence-electron chi connectivity index (χ0n) is 19.1. The summed E-state index contributed by atoms with van der Waals surface area (Å²) in [6, 6.07) is 32.7. The van der Waals surface area contributed by atoms with Crippen molar-refractivity contribution in [2.75, 3.05) is 0 Å². The Kier molecular flexibility index (Phi) is 11.9. The summed E-state index contributed by atoms with van der Waals surface area (Å²) < 4.78 is 24.9. The first-order chi connectivity index (χ1) is 16.5. The van der Waals surface area contributed by atoms with E-state index in [1.54, 1.807) is 12.1 Å². The SMILES string of the molecule is C#Cc1ccccc1.C/C(=C\Cc1ccc(F)cc1)c1ccccc1.Fc1ccc(CCl)cc1. The standard InChI is InChI=1S/C16H15F.C8H6.C7H6ClF/c1-13(15-5-3-2-4-6-15)7-8-14-9-11-16(17)12-10-14;1-2-8-6-4-3-5-7-8;8-5-6-1-3-7(9)4-2-6/h2-7,9-12H,8H2,1H3;1,3-7H;1-4H,5H2/b13-7+;;. The average molecular weight is 473 g/mol. The molecule has 0 atom stereocenters. The van der Waals surface area contributed by atoms with Crippen LogP contribution in [0.25, 0.3) is 5.57 Å². The summed E-state index contributed by atoms with van der Waals surface area (Å²) >= 11 is 5.46. The van der Waals surface area contributed by atoms with Gasteiger partial charge in [0.2, 0.25) is 0 Å². The maximum Gasteiger partial charge on any atom is 0.123 e. The van der Waals surface area contributed by atoms with Crippen molar-refractivity contribution >= 4 is 17.2 Å². The zero-order chi connectivity index (χ0) is 24.6. The minimum Gasteiger partial charge on any atom is -0.207 e. The van der Waals surface area contributed by atoms with Crippen molar-refractivity contribution in [3.8, 4) is 12.3 Å². The molecule has 0 saturated heterocycles. The molecule has 34 heavy (non-hydrogen) atoms. The smallest absolute Gasteiger partial charge is 0.123 e. The summed E-state index contributed by atoms with van der Waals surface area (Å²) in [5.41, 5.74) is 5.48. The third-order valence-corrected chi connectivity index (χ3v) is 5.10. The molecule has 0 fully saturated rings. The van der Waals surface area contributed by atoms with Crippen LogP contribution >= 0.6 is 11.6 Å². The van der Waals surface area contributed by atoms with Crippen molar-refractivity contribution in [3.63, 3.8) is 0 Å². The minimum atomic E-state index is -0.219. The van der Waals surface area contributed by atoms with Crippen LogP contribution in [0.4, 0.5) is 8.78 Å². The Balaban J connectivity index is 0.000000201. The summed E-state index contributed by atoms with van der Waals surface area (Å²) in [4.78, 5) is 0. The Morgan fingerprint density at radius 3 is 1.65 bits per heavy atom. The topological polar surface area (TPSA) is 0 Å². The molecule has 3 heteroatoms. The van der Waals surface area contributed by atoms with Gasteiger partial charge in [0.1, 0.15) is 11.6 Å². The number of alkyl halides is 1. The lowest BCUT2D eigenvalue weighted by Crippen LogP contribution is -1.84. The Hall–Kier alpha value is -3.67. The van der Waals surface area contributed by atoms with Gasteiger partial charge in [-0.15, -0.1) is 18.0 Å². The molecule has 0 amide bonds. The molecule has 0 bridgehead atoms. The van der Waals surface area contributed by atoms with E-state index in [1.807, 2.05) is 60.7 Å². The quantitative estimate of drug-likeness (QED) is 0.206. The third kappa shape index (κ3) is 10.3. The Morgan fingerprint density at radius 2 is 1.21 bits per heavy atom. The molecule has 0 saturated carbocycles. The molecule has 172 valence electrons. The van der Waals surface area contributed by atoms with Crippen LogP contribution in [0.1, 0.15) is 29.2 Å². The van der Waals surface area contributed by atoms with Crippen molar-refractivity contribution in [1.29, 1.82) is 0 Å². The van der Waals surface area contributed by atoms with Gasteiger partial charge < -0.3 is 0 Å².